The van der Waals surface area contributed by atoms with Gasteiger partial charge in [0.05, 0.1) is 25.0 Å². The highest BCUT2D eigenvalue weighted by Crippen LogP contribution is 2.11. The summed E-state index contributed by atoms with van der Waals surface area (Å²) in [6.07, 6.45) is 1.17. The molecule has 2 atom stereocenters. The van der Waals surface area contributed by atoms with Crippen LogP contribution in [-0.2, 0) is 4.74 Å². The van der Waals surface area contributed by atoms with Crippen molar-refractivity contribution >= 4 is 0 Å². The highest BCUT2D eigenvalue weighted by Gasteiger charge is 2.10. The van der Waals surface area contributed by atoms with Crippen molar-refractivity contribution in [3.05, 3.63) is 24.2 Å². The van der Waals surface area contributed by atoms with E-state index in [1.807, 2.05) is 19.1 Å². The molecule has 4 heteroatoms. The van der Waals surface area contributed by atoms with E-state index >= 15 is 0 Å². The summed E-state index contributed by atoms with van der Waals surface area (Å²) in [5, 5.41) is 12.9. The number of hydrogen-bond acceptors (Lipinski definition) is 4. The molecule has 98 valence electrons. The molecule has 1 unspecified atom stereocenters. The molecule has 4 nitrogen and oxygen atoms in total. The lowest BCUT2D eigenvalue weighted by atomic mass is 10.2. The molecule has 2 N–H and O–H groups in total. The summed E-state index contributed by atoms with van der Waals surface area (Å²) < 4.78 is 10.6. The minimum Gasteiger partial charge on any atom is -0.468 e. The zero-order chi connectivity index (χ0) is 12.7. The zero-order valence-corrected chi connectivity index (χ0v) is 10.8. The first-order valence-corrected chi connectivity index (χ1v) is 6.12. The molecular weight excluding hydrogens is 218 g/mol. The third-order valence-electron chi connectivity index (χ3n) is 2.39. The van der Waals surface area contributed by atoms with E-state index < -0.39 is 6.10 Å². The van der Waals surface area contributed by atoms with E-state index in [2.05, 4.69) is 19.2 Å². The average Bonchev–Trinajstić information content (AvgIpc) is 2.78. The molecule has 1 rings (SSSR count). The molecule has 0 aliphatic heterocycles. The van der Waals surface area contributed by atoms with E-state index in [1.165, 1.54) is 0 Å². The predicted molar refractivity (Wildman–Crippen MR) is 66.8 cm³/mol. The van der Waals surface area contributed by atoms with E-state index in [-0.39, 0.29) is 6.04 Å². The van der Waals surface area contributed by atoms with Crippen molar-refractivity contribution in [1.82, 2.24) is 5.32 Å². The summed E-state index contributed by atoms with van der Waals surface area (Å²) in [6, 6.07) is 3.87. The largest absolute Gasteiger partial charge is 0.468 e. The Morgan fingerprint density at radius 2 is 2.12 bits per heavy atom. The van der Waals surface area contributed by atoms with Crippen molar-refractivity contribution in [2.45, 2.75) is 32.9 Å². The Morgan fingerprint density at radius 1 is 1.35 bits per heavy atom. The number of nitrogens with one attached hydrogen (secondary N) is 1. The summed E-state index contributed by atoms with van der Waals surface area (Å²) >= 11 is 0. The monoisotopic (exact) mass is 241 g/mol. The van der Waals surface area contributed by atoms with E-state index in [0.717, 1.165) is 5.76 Å². The molecule has 0 saturated carbocycles. The van der Waals surface area contributed by atoms with Gasteiger partial charge in [0.1, 0.15) is 5.76 Å². The molecule has 0 fully saturated rings. The molecule has 0 aliphatic rings. The van der Waals surface area contributed by atoms with E-state index in [4.69, 9.17) is 9.15 Å². The van der Waals surface area contributed by atoms with Gasteiger partial charge in [-0.1, -0.05) is 13.8 Å². The smallest absolute Gasteiger partial charge is 0.120 e. The summed E-state index contributed by atoms with van der Waals surface area (Å²) in [5.41, 5.74) is 0. The second-order valence-corrected chi connectivity index (χ2v) is 4.73. The third kappa shape index (κ3) is 5.86. The molecule has 0 bridgehead atoms. The normalized spacial score (nSPS) is 15.1. The molecule has 1 aromatic heterocycles. The van der Waals surface area contributed by atoms with Crippen LogP contribution in [0.4, 0.5) is 0 Å². The summed E-state index contributed by atoms with van der Waals surface area (Å²) in [4.78, 5) is 0. The topological polar surface area (TPSA) is 54.6 Å². The van der Waals surface area contributed by atoms with Crippen molar-refractivity contribution in [2.75, 3.05) is 19.8 Å². The fourth-order valence-corrected chi connectivity index (χ4v) is 1.45. The van der Waals surface area contributed by atoms with Crippen LogP contribution in [0, 0.1) is 5.92 Å². The minimum absolute atomic E-state index is 0.102. The van der Waals surface area contributed by atoms with Gasteiger partial charge in [-0.3, -0.25) is 0 Å². The van der Waals surface area contributed by atoms with Gasteiger partial charge in [0.25, 0.3) is 0 Å². The predicted octanol–water partition coefficient (Wildman–Crippen LogP) is 1.96. The number of rotatable bonds is 8. The molecule has 0 aliphatic carbocycles. The standard InChI is InChI=1S/C13H23NO3/c1-10(2)8-16-9-12(15)7-14-11(3)13-5-4-6-17-13/h4-6,10-12,14-15H,7-9H2,1-3H3/t11-,12?/m1/s1. The number of aliphatic hydroxyl groups is 1. The number of hydrogen-bond donors (Lipinski definition) is 2. The maximum Gasteiger partial charge on any atom is 0.120 e. The maximum absolute atomic E-state index is 9.69. The highest BCUT2D eigenvalue weighted by atomic mass is 16.5. The second-order valence-electron chi connectivity index (χ2n) is 4.73. The van der Waals surface area contributed by atoms with Crippen LogP contribution in [0.25, 0.3) is 0 Å². The Balaban J connectivity index is 2.13. The first-order valence-electron chi connectivity index (χ1n) is 6.12. The Bertz CT molecular complexity index is 285. The van der Waals surface area contributed by atoms with Crippen LogP contribution < -0.4 is 5.32 Å². The zero-order valence-electron chi connectivity index (χ0n) is 10.8. The van der Waals surface area contributed by atoms with Crippen LogP contribution in [-0.4, -0.2) is 31.0 Å². The SMILES string of the molecule is CC(C)COCC(O)CN[C@H](C)c1ccco1. The van der Waals surface area contributed by atoms with Gasteiger partial charge in [0.2, 0.25) is 0 Å². The van der Waals surface area contributed by atoms with Crippen LogP contribution >= 0.6 is 0 Å². The van der Waals surface area contributed by atoms with Gasteiger partial charge in [-0.05, 0) is 25.0 Å². The summed E-state index contributed by atoms with van der Waals surface area (Å²) in [5.74, 6) is 1.37. The van der Waals surface area contributed by atoms with Crippen LogP contribution in [0.15, 0.2) is 22.8 Å². The highest BCUT2D eigenvalue weighted by molar-refractivity contribution is 5.02. The number of aliphatic hydroxyl groups excluding tert-OH is 1. The van der Waals surface area contributed by atoms with Crippen molar-refractivity contribution in [3.63, 3.8) is 0 Å². The van der Waals surface area contributed by atoms with Gasteiger partial charge in [-0.15, -0.1) is 0 Å². The van der Waals surface area contributed by atoms with Gasteiger partial charge in [0, 0.05) is 13.2 Å². The van der Waals surface area contributed by atoms with E-state index in [0.29, 0.717) is 25.7 Å². The maximum atomic E-state index is 9.69. The molecule has 0 aromatic carbocycles. The van der Waals surface area contributed by atoms with Gasteiger partial charge < -0.3 is 19.6 Å². The second kappa shape index (κ2) is 7.48. The summed E-state index contributed by atoms with van der Waals surface area (Å²) in [6.45, 7) is 7.73. The molecule has 17 heavy (non-hydrogen) atoms. The quantitative estimate of drug-likeness (QED) is 0.730. The first-order chi connectivity index (χ1) is 8.09. The third-order valence-corrected chi connectivity index (χ3v) is 2.39. The van der Waals surface area contributed by atoms with Crippen LogP contribution in [0.3, 0.4) is 0 Å². The lowest BCUT2D eigenvalue weighted by Crippen LogP contribution is -2.32. The Kier molecular flexibility index (Phi) is 6.26. The van der Waals surface area contributed by atoms with Crippen LogP contribution in [0.2, 0.25) is 0 Å². The molecule has 0 radical (unpaired) electrons. The first kappa shape index (κ1) is 14.2. The average molecular weight is 241 g/mol. The molecule has 0 saturated heterocycles. The lowest BCUT2D eigenvalue weighted by Gasteiger charge is -2.16. The van der Waals surface area contributed by atoms with Gasteiger partial charge in [-0.25, -0.2) is 0 Å². The van der Waals surface area contributed by atoms with Gasteiger partial charge in [0.15, 0.2) is 0 Å². The van der Waals surface area contributed by atoms with Crippen molar-refractivity contribution in [3.8, 4) is 0 Å². The minimum atomic E-state index is -0.480. The van der Waals surface area contributed by atoms with E-state index in [9.17, 15) is 5.11 Å². The van der Waals surface area contributed by atoms with Gasteiger partial charge >= 0.3 is 0 Å². The summed E-state index contributed by atoms with van der Waals surface area (Å²) in [7, 11) is 0. The number of furan rings is 1. The van der Waals surface area contributed by atoms with Crippen molar-refractivity contribution in [1.29, 1.82) is 0 Å². The number of ether oxygens (including phenoxy) is 1. The van der Waals surface area contributed by atoms with Crippen LogP contribution in [0.5, 0.6) is 0 Å². The molecule has 0 amide bonds. The Hall–Kier alpha value is -0.840. The van der Waals surface area contributed by atoms with E-state index in [1.54, 1.807) is 6.26 Å². The van der Waals surface area contributed by atoms with Crippen molar-refractivity contribution < 1.29 is 14.3 Å². The van der Waals surface area contributed by atoms with Crippen LogP contribution in [0.1, 0.15) is 32.6 Å². The molecule has 0 spiro atoms. The molecule has 1 aromatic rings. The van der Waals surface area contributed by atoms with Crippen molar-refractivity contribution in [2.24, 2.45) is 5.92 Å². The van der Waals surface area contributed by atoms with Gasteiger partial charge in [-0.2, -0.15) is 0 Å². The molecular formula is C13H23NO3. The fourth-order valence-electron chi connectivity index (χ4n) is 1.45. The Morgan fingerprint density at radius 3 is 2.71 bits per heavy atom. The fraction of sp³-hybridized carbons (Fsp3) is 0.692. The lowest BCUT2D eigenvalue weighted by molar-refractivity contribution is 0.0249. The Labute approximate surface area is 103 Å². The molecule has 1 heterocycles.